The monoisotopic (exact) mass is 166 g/mol. The molecule has 1 aliphatic rings. The third kappa shape index (κ3) is 2.49. The maximum absolute atomic E-state index is 8.83. The molecule has 0 aromatic heterocycles. The Morgan fingerprint density at radius 3 is 3.00 bits per heavy atom. The summed E-state index contributed by atoms with van der Waals surface area (Å²) in [5.41, 5.74) is 2.79. The van der Waals surface area contributed by atoms with Crippen LogP contribution in [0.25, 0.3) is 0 Å². The summed E-state index contributed by atoms with van der Waals surface area (Å²) >= 11 is 0. The van der Waals surface area contributed by atoms with E-state index in [0.717, 1.165) is 25.7 Å². The summed E-state index contributed by atoms with van der Waals surface area (Å²) in [5.74, 6) is 0.521. The van der Waals surface area contributed by atoms with Crippen LogP contribution in [0.15, 0.2) is 23.8 Å². The van der Waals surface area contributed by atoms with E-state index < -0.39 is 0 Å². The first-order valence-electron chi connectivity index (χ1n) is 4.68. The average Bonchev–Trinajstić information content (AvgIpc) is 2.20. The highest BCUT2D eigenvalue weighted by molar-refractivity contribution is 5.13. The lowest BCUT2D eigenvalue weighted by Gasteiger charge is -2.13. The Balaban J connectivity index is 2.54. The van der Waals surface area contributed by atoms with E-state index in [0.29, 0.717) is 5.92 Å². The SMILES string of the molecule is C=C1CCC(C)=CCC1CCO. The molecule has 1 N–H and O–H groups in total. The molecule has 0 fully saturated rings. The lowest BCUT2D eigenvalue weighted by Crippen LogP contribution is -2.03. The summed E-state index contributed by atoms with van der Waals surface area (Å²) in [5, 5.41) is 8.83. The molecule has 1 heteroatoms. The van der Waals surface area contributed by atoms with Crippen LogP contribution in [0.3, 0.4) is 0 Å². The van der Waals surface area contributed by atoms with Gasteiger partial charge in [-0.3, -0.25) is 0 Å². The molecule has 1 atom stereocenters. The Labute approximate surface area is 74.8 Å². The first kappa shape index (κ1) is 9.53. The van der Waals surface area contributed by atoms with Crippen molar-refractivity contribution >= 4 is 0 Å². The van der Waals surface area contributed by atoms with Gasteiger partial charge in [0, 0.05) is 6.61 Å². The van der Waals surface area contributed by atoms with Gasteiger partial charge in [-0.25, -0.2) is 0 Å². The normalized spacial score (nSPS) is 25.0. The number of hydrogen-bond donors (Lipinski definition) is 1. The Bertz CT molecular complexity index is 191. The highest BCUT2D eigenvalue weighted by Gasteiger charge is 2.13. The molecule has 0 bridgehead atoms. The zero-order valence-corrected chi connectivity index (χ0v) is 7.84. The van der Waals surface area contributed by atoms with Gasteiger partial charge >= 0.3 is 0 Å². The minimum Gasteiger partial charge on any atom is -0.396 e. The van der Waals surface area contributed by atoms with Gasteiger partial charge in [-0.05, 0) is 38.5 Å². The van der Waals surface area contributed by atoms with Crippen LogP contribution >= 0.6 is 0 Å². The predicted octanol–water partition coefficient (Wildman–Crippen LogP) is 2.67. The lowest BCUT2D eigenvalue weighted by atomic mass is 9.93. The van der Waals surface area contributed by atoms with Crippen molar-refractivity contribution in [1.29, 1.82) is 0 Å². The van der Waals surface area contributed by atoms with Crippen molar-refractivity contribution in [2.75, 3.05) is 6.61 Å². The van der Waals surface area contributed by atoms with E-state index >= 15 is 0 Å². The molecule has 12 heavy (non-hydrogen) atoms. The van der Waals surface area contributed by atoms with Gasteiger partial charge in [0.25, 0.3) is 0 Å². The van der Waals surface area contributed by atoms with Gasteiger partial charge in [-0.1, -0.05) is 23.8 Å². The molecule has 0 aliphatic heterocycles. The molecule has 0 aromatic carbocycles. The highest BCUT2D eigenvalue weighted by atomic mass is 16.3. The second-order valence-corrected chi connectivity index (χ2v) is 3.65. The van der Waals surface area contributed by atoms with Gasteiger partial charge in [-0.2, -0.15) is 0 Å². The van der Waals surface area contributed by atoms with E-state index in [-0.39, 0.29) is 6.61 Å². The molecule has 1 unspecified atom stereocenters. The zero-order chi connectivity index (χ0) is 8.97. The Morgan fingerprint density at radius 2 is 2.33 bits per heavy atom. The summed E-state index contributed by atoms with van der Waals surface area (Å²) in [4.78, 5) is 0. The smallest absolute Gasteiger partial charge is 0.0436 e. The molecule has 0 saturated heterocycles. The van der Waals surface area contributed by atoms with E-state index in [9.17, 15) is 0 Å². The first-order chi connectivity index (χ1) is 5.74. The summed E-state index contributed by atoms with van der Waals surface area (Å²) < 4.78 is 0. The maximum Gasteiger partial charge on any atom is 0.0436 e. The number of aliphatic hydroxyl groups excluding tert-OH is 1. The lowest BCUT2D eigenvalue weighted by molar-refractivity contribution is 0.266. The average molecular weight is 166 g/mol. The summed E-state index contributed by atoms with van der Waals surface area (Å²) in [6.45, 7) is 6.53. The molecule has 0 saturated carbocycles. The number of hydrogen-bond acceptors (Lipinski definition) is 1. The van der Waals surface area contributed by atoms with Crippen molar-refractivity contribution in [3.63, 3.8) is 0 Å². The third-order valence-corrected chi connectivity index (χ3v) is 2.65. The topological polar surface area (TPSA) is 20.2 Å². The number of rotatable bonds is 2. The van der Waals surface area contributed by atoms with Crippen molar-refractivity contribution < 1.29 is 5.11 Å². The second-order valence-electron chi connectivity index (χ2n) is 3.65. The standard InChI is InChI=1S/C11H18O/c1-9-3-5-10(2)11(6-4-9)7-8-12/h4,11-12H,2-3,5-8H2,1H3. The molecule has 1 nitrogen and oxygen atoms in total. The molecular weight excluding hydrogens is 148 g/mol. The minimum atomic E-state index is 0.288. The van der Waals surface area contributed by atoms with E-state index in [1.807, 2.05) is 0 Å². The molecule has 1 rings (SSSR count). The summed E-state index contributed by atoms with van der Waals surface area (Å²) in [6, 6.07) is 0. The molecule has 68 valence electrons. The fourth-order valence-corrected chi connectivity index (χ4v) is 1.65. The van der Waals surface area contributed by atoms with Crippen LogP contribution in [0.4, 0.5) is 0 Å². The Morgan fingerprint density at radius 1 is 1.58 bits per heavy atom. The molecule has 0 heterocycles. The van der Waals surface area contributed by atoms with Crippen molar-refractivity contribution in [1.82, 2.24) is 0 Å². The summed E-state index contributed by atoms with van der Waals surface area (Å²) in [6.07, 6.45) is 6.50. The van der Waals surface area contributed by atoms with Crippen LogP contribution in [-0.2, 0) is 0 Å². The largest absolute Gasteiger partial charge is 0.396 e. The fraction of sp³-hybridized carbons (Fsp3) is 0.636. The molecule has 0 amide bonds. The second kappa shape index (κ2) is 4.46. The van der Waals surface area contributed by atoms with Crippen molar-refractivity contribution in [3.05, 3.63) is 23.8 Å². The molecule has 0 spiro atoms. The van der Waals surface area contributed by atoms with Gasteiger partial charge in [0.2, 0.25) is 0 Å². The highest BCUT2D eigenvalue weighted by Crippen LogP contribution is 2.28. The predicted molar refractivity (Wildman–Crippen MR) is 51.9 cm³/mol. The van der Waals surface area contributed by atoms with Crippen molar-refractivity contribution in [3.8, 4) is 0 Å². The van der Waals surface area contributed by atoms with Gasteiger partial charge in [-0.15, -0.1) is 0 Å². The van der Waals surface area contributed by atoms with Crippen LogP contribution in [-0.4, -0.2) is 11.7 Å². The third-order valence-electron chi connectivity index (χ3n) is 2.65. The van der Waals surface area contributed by atoms with Gasteiger partial charge in [0.15, 0.2) is 0 Å². The van der Waals surface area contributed by atoms with Crippen LogP contribution in [0.2, 0.25) is 0 Å². The van der Waals surface area contributed by atoms with E-state index in [4.69, 9.17) is 5.11 Å². The maximum atomic E-state index is 8.83. The van der Waals surface area contributed by atoms with Crippen LogP contribution in [0.5, 0.6) is 0 Å². The van der Waals surface area contributed by atoms with Crippen molar-refractivity contribution in [2.24, 2.45) is 5.92 Å². The van der Waals surface area contributed by atoms with Crippen LogP contribution in [0, 0.1) is 5.92 Å². The van der Waals surface area contributed by atoms with Gasteiger partial charge in [0.1, 0.15) is 0 Å². The molecular formula is C11H18O. The quantitative estimate of drug-likeness (QED) is 0.625. The first-order valence-corrected chi connectivity index (χ1v) is 4.68. The van der Waals surface area contributed by atoms with Crippen molar-refractivity contribution in [2.45, 2.75) is 32.6 Å². The van der Waals surface area contributed by atoms with E-state index in [1.165, 1.54) is 11.1 Å². The zero-order valence-electron chi connectivity index (χ0n) is 7.84. The number of allylic oxidation sites excluding steroid dienone is 3. The summed E-state index contributed by atoms with van der Waals surface area (Å²) in [7, 11) is 0. The van der Waals surface area contributed by atoms with E-state index in [2.05, 4.69) is 19.6 Å². The number of aliphatic hydroxyl groups is 1. The Hall–Kier alpha value is -0.560. The molecule has 0 radical (unpaired) electrons. The van der Waals surface area contributed by atoms with Crippen LogP contribution in [0.1, 0.15) is 32.6 Å². The Kier molecular flexibility index (Phi) is 3.54. The minimum absolute atomic E-state index is 0.288. The van der Waals surface area contributed by atoms with Gasteiger partial charge < -0.3 is 5.11 Å². The molecule has 0 aromatic rings. The van der Waals surface area contributed by atoms with E-state index in [1.54, 1.807) is 0 Å². The van der Waals surface area contributed by atoms with Crippen LogP contribution < -0.4 is 0 Å². The molecule has 1 aliphatic carbocycles. The fourth-order valence-electron chi connectivity index (χ4n) is 1.65. The van der Waals surface area contributed by atoms with Gasteiger partial charge in [0.05, 0.1) is 0 Å².